The Bertz CT molecular complexity index is 273. The maximum atomic E-state index is 12.1. The highest BCUT2D eigenvalue weighted by atomic mass is 19.4. The van der Waals surface area contributed by atoms with Gasteiger partial charge in [0.2, 0.25) is 0 Å². The van der Waals surface area contributed by atoms with Crippen LogP contribution in [0.1, 0.15) is 20.3 Å². The van der Waals surface area contributed by atoms with Gasteiger partial charge in [-0.3, -0.25) is 4.90 Å². The minimum Gasteiger partial charge on any atom is -0.447 e. The van der Waals surface area contributed by atoms with Crippen molar-refractivity contribution in [3.05, 3.63) is 0 Å². The van der Waals surface area contributed by atoms with Crippen LogP contribution < -0.4 is 0 Å². The summed E-state index contributed by atoms with van der Waals surface area (Å²) in [6, 6.07) is 0. The summed E-state index contributed by atoms with van der Waals surface area (Å²) in [5, 5.41) is 0. The quantitative estimate of drug-likeness (QED) is 0.740. The van der Waals surface area contributed by atoms with E-state index in [1.165, 1.54) is 13.8 Å². The van der Waals surface area contributed by atoms with Crippen LogP contribution in [0.15, 0.2) is 0 Å². The Morgan fingerprint density at radius 2 is 1.61 bits per heavy atom. The highest BCUT2D eigenvalue weighted by Crippen LogP contribution is 2.22. The Hall–Kier alpha value is -1.15. The average Bonchev–Trinajstić information content (AvgIpc) is 2.07. The van der Waals surface area contributed by atoms with Crippen LogP contribution in [-0.4, -0.2) is 42.5 Å². The summed E-state index contributed by atoms with van der Waals surface area (Å²) in [7, 11) is 0. The third-order valence-corrected chi connectivity index (χ3v) is 1.63. The second kappa shape index (κ2) is 6.14. The largest absolute Gasteiger partial charge is 0.447 e. The lowest BCUT2D eigenvalue weighted by atomic mass is 10.3. The van der Waals surface area contributed by atoms with E-state index in [0.29, 0.717) is 0 Å². The number of amides is 1. The van der Waals surface area contributed by atoms with E-state index in [-0.39, 0.29) is 4.90 Å². The van der Waals surface area contributed by atoms with Crippen molar-refractivity contribution in [1.29, 1.82) is 0 Å². The normalized spacial score (nSPS) is 12.7. The second-order valence-electron chi connectivity index (χ2n) is 3.83. The second-order valence-corrected chi connectivity index (χ2v) is 3.83. The van der Waals surface area contributed by atoms with E-state index in [4.69, 9.17) is 0 Å². The molecule has 0 aliphatic carbocycles. The smallest absolute Gasteiger partial charge is 0.410 e. The summed E-state index contributed by atoms with van der Waals surface area (Å²) in [6.45, 7) is -0.0932. The van der Waals surface area contributed by atoms with Crippen LogP contribution in [-0.2, 0) is 4.74 Å². The zero-order chi connectivity index (χ0) is 14.6. The summed E-state index contributed by atoms with van der Waals surface area (Å²) >= 11 is 0. The van der Waals surface area contributed by atoms with Gasteiger partial charge >= 0.3 is 18.4 Å². The van der Waals surface area contributed by atoms with Gasteiger partial charge in [0.1, 0.15) is 6.54 Å². The van der Waals surface area contributed by atoms with Crippen LogP contribution >= 0.6 is 0 Å². The van der Waals surface area contributed by atoms with Crippen LogP contribution in [0.3, 0.4) is 0 Å². The standard InChI is InChI=1S/C9H13F6NO2/c1-6(2)18-7(17)16(5-9(13,14)15)4-3-8(10,11)12/h6H,3-5H2,1-2H3. The number of carbonyl (C=O) groups excluding carboxylic acids is 1. The first kappa shape index (κ1) is 16.9. The van der Waals surface area contributed by atoms with E-state index < -0.39 is 44.1 Å². The van der Waals surface area contributed by atoms with Gasteiger partial charge in [0.05, 0.1) is 12.5 Å². The van der Waals surface area contributed by atoms with Gasteiger partial charge in [-0.1, -0.05) is 0 Å². The molecule has 18 heavy (non-hydrogen) atoms. The van der Waals surface area contributed by atoms with E-state index >= 15 is 0 Å². The molecule has 0 fully saturated rings. The van der Waals surface area contributed by atoms with Gasteiger partial charge in [-0.25, -0.2) is 4.79 Å². The Kier molecular flexibility index (Phi) is 5.75. The van der Waals surface area contributed by atoms with E-state index in [0.717, 1.165) is 0 Å². The van der Waals surface area contributed by atoms with Crippen molar-refractivity contribution in [3.63, 3.8) is 0 Å². The summed E-state index contributed by atoms with van der Waals surface area (Å²) in [5.41, 5.74) is 0. The summed E-state index contributed by atoms with van der Waals surface area (Å²) in [5.74, 6) is 0. The van der Waals surface area contributed by atoms with E-state index in [2.05, 4.69) is 4.74 Å². The highest BCUT2D eigenvalue weighted by molar-refractivity contribution is 5.67. The van der Waals surface area contributed by atoms with Gasteiger partial charge in [-0.15, -0.1) is 0 Å². The maximum Gasteiger partial charge on any atom is 0.410 e. The molecule has 0 aliphatic heterocycles. The van der Waals surface area contributed by atoms with Gasteiger partial charge in [0, 0.05) is 6.54 Å². The lowest BCUT2D eigenvalue weighted by molar-refractivity contribution is -0.157. The van der Waals surface area contributed by atoms with Gasteiger partial charge in [0.25, 0.3) is 0 Å². The van der Waals surface area contributed by atoms with Crippen LogP contribution in [0.5, 0.6) is 0 Å². The van der Waals surface area contributed by atoms with Gasteiger partial charge in [-0.2, -0.15) is 26.3 Å². The predicted octanol–water partition coefficient (Wildman–Crippen LogP) is 3.35. The molecule has 0 bridgehead atoms. The summed E-state index contributed by atoms with van der Waals surface area (Å²) in [6.07, 6.45) is -13.1. The van der Waals surface area contributed by atoms with Crippen LogP contribution in [0, 0.1) is 0 Å². The Morgan fingerprint density at radius 1 is 1.11 bits per heavy atom. The van der Waals surface area contributed by atoms with Gasteiger partial charge in [-0.05, 0) is 13.8 Å². The number of hydrogen-bond donors (Lipinski definition) is 0. The minimum atomic E-state index is -4.78. The first-order chi connectivity index (χ1) is 7.91. The molecule has 0 heterocycles. The molecule has 0 aromatic heterocycles. The molecular weight excluding hydrogens is 268 g/mol. The minimum absolute atomic E-state index is 0.00646. The Morgan fingerprint density at radius 3 is 1.94 bits per heavy atom. The lowest BCUT2D eigenvalue weighted by Crippen LogP contribution is -2.41. The fourth-order valence-corrected chi connectivity index (χ4v) is 0.989. The number of alkyl halides is 6. The van der Waals surface area contributed by atoms with Crippen LogP contribution in [0.25, 0.3) is 0 Å². The molecule has 0 aromatic carbocycles. The van der Waals surface area contributed by atoms with Gasteiger partial charge < -0.3 is 4.74 Å². The molecule has 0 unspecified atom stereocenters. The molecule has 0 atom stereocenters. The van der Waals surface area contributed by atoms with Crippen molar-refractivity contribution in [2.45, 2.75) is 38.7 Å². The Labute approximate surface area is 99.7 Å². The molecule has 0 radical (unpaired) electrons. The SMILES string of the molecule is CC(C)OC(=O)N(CCC(F)(F)F)CC(F)(F)F. The zero-order valence-corrected chi connectivity index (χ0v) is 9.73. The molecule has 0 rings (SSSR count). The number of rotatable bonds is 4. The molecule has 0 spiro atoms. The lowest BCUT2D eigenvalue weighted by Gasteiger charge is -2.24. The van der Waals surface area contributed by atoms with E-state index in [1.807, 2.05) is 0 Å². The zero-order valence-electron chi connectivity index (χ0n) is 9.73. The molecule has 3 nitrogen and oxygen atoms in total. The van der Waals surface area contributed by atoms with Crippen molar-refractivity contribution in [2.75, 3.05) is 13.1 Å². The van der Waals surface area contributed by atoms with E-state index in [1.54, 1.807) is 0 Å². The van der Waals surface area contributed by atoms with Crippen molar-refractivity contribution in [3.8, 4) is 0 Å². The van der Waals surface area contributed by atoms with Gasteiger partial charge in [0.15, 0.2) is 0 Å². The predicted molar refractivity (Wildman–Crippen MR) is 49.9 cm³/mol. The number of nitrogens with zero attached hydrogens (tertiary/aromatic N) is 1. The number of carbonyl (C=O) groups is 1. The molecular formula is C9H13F6NO2. The molecule has 0 saturated heterocycles. The fourth-order valence-electron chi connectivity index (χ4n) is 0.989. The maximum absolute atomic E-state index is 12.1. The number of ether oxygens (including phenoxy) is 1. The van der Waals surface area contributed by atoms with Crippen molar-refractivity contribution >= 4 is 6.09 Å². The van der Waals surface area contributed by atoms with Crippen molar-refractivity contribution < 1.29 is 35.9 Å². The monoisotopic (exact) mass is 281 g/mol. The van der Waals surface area contributed by atoms with Crippen molar-refractivity contribution in [2.24, 2.45) is 0 Å². The summed E-state index contributed by atoms with van der Waals surface area (Å²) in [4.78, 5) is 11.2. The topological polar surface area (TPSA) is 29.5 Å². The molecule has 9 heteroatoms. The highest BCUT2D eigenvalue weighted by Gasteiger charge is 2.36. The third-order valence-electron chi connectivity index (χ3n) is 1.63. The first-order valence-corrected chi connectivity index (χ1v) is 5.00. The molecule has 108 valence electrons. The molecule has 1 amide bonds. The third kappa shape index (κ3) is 8.94. The molecule has 0 N–H and O–H groups in total. The van der Waals surface area contributed by atoms with Crippen molar-refractivity contribution in [1.82, 2.24) is 4.90 Å². The van der Waals surface area contributed by atoms with Crippen LogP contribution in [0.4, 0.5) is 31.1 Å². The molecule has 0 aromatic rings. The van der Waals surface area contributed by atoms with Crippen LogP contribution in [0.2, 0.25) is 0 Å². The number of hydrogen-bond acceptors (Lipinski definition) is 2. The Balaban J connectivity index is 4.57. The average molecular weight is 281 g/mol. The fraction of sp³-hybridized carbons (Fsp3) is 0.889. The summed E-state index contributed by atoms with van der Waals surface area (Å²) < 4.78 is 76.5. The molecule has 0 aliphatic rings. The number of halogens is 6. The molecule has 0 saturated carbocycles. The first-order valence-electron chi connectivity index (χ1n) is 5.00. The van der Waals surface area contributed by atoms with E-state index in [9.17, 15) is 31.1 Å².